The fraction of sp³-hybridized carbons (Fsp3) is 0.235. The van der Waals surface area contributed by atoms with E-state index in [0.717, 1.165) is 6.07 Å². The van der Waals surface area contributed by atoms with Gasteiger partial charge in [0.1, 0.15) is 5.82 Å². The molecule has 1 atom stereocenters. The van der Waals surface area contributed by atoms with Crippen LogP contribution in [0.15, 0.2) is 30.3 Å². The van der Waals surface area contributed by atoms with Crippen molar-refractivity contribution in [3.8, 4) is 0 Å². The van der Waals surface area contributed by atoms with Crippen LogP contribution in [0.4, 0.5) is 23.2 Å². The summed E-state index contributed by atoms with van der Waals surface area (Å²) in [5, 5.41) is 2.40. The Hall–Kier alpha value is -2.12. The lowest BCUT2D eigenvalue weighted by atomic mass is 10.1. The van der Waals surface area contributed by atoms with Crippen LogP contribution in [0.25, 0.3) is 0 Å². The minimum atomic E-state index is -1.67. The fourth-order valence-electron chi connectivity index (χ4n) is 2.13. The average Bonchev–Trinajstić information content (AvgIpc) is 2.57. The number of halogens is 5. The second-order valence-corrected chi connectivity index (χ2v) is 5.91. The van der Waals surface area contributed by atoms with Gasteiger partial charge in [0.05, 0.1) is 11.7 Å². The number of likely N-dealkylation sites (N-methyl/N-ethyl adjacent to an activating group) is 1. The number of benzene rings is 2. The van der Waals surface area contributed by atoms with Crippen LogP contribution in [0.3, 0.4) is 0 Å². The maximum atomic E-state index is 13.8. The van der Waals surface area contributed by atoms with Crippen LogP contribution >= 0.6 is 11.6 Å². The molecule has 0 spiro atoms. The summed E-state index contributed by atoms with van der Waals surface area (Å²) in [4.78, 5) is 13.7. The van der Waals surface area contributed by atoms with Crippen LogP contribution in [-0.4, -0.2) is 23.9 Å². The standard InChI is InChI=1S/C17H15ClF4N2O/c1-9(24(2)8-10-11(18)4-3-5-12(10)19)17(25)23-14-7-6-13(20)15(21)16(14)22/h3-7,9H,8H2,1-2H3,(H,23,25)/t9-/m1/s1. The number of nitrogens with one attached hydrogen (secondary N) is 1. The molecule has 0 saturated carbocycles. The molecule has 2 aromatic carbocycles. The normalized spacial score (nSPS) is 12.3. The quantitative estimate of drug-likeness (QED) is 0.623. The van der Waals surface area contributed by atoms with Crippen molar-refractivity contribution in [2.24, 2.45) is 0 Å². The molecule has 0 fully saturated rings. The van der Waals surface area contributed by atoms with Gasteiger partial charge in [-0.05, 0) is 38.2 Å². The molecule has 134 valence electrons. The molecule has 0 unspecified atom stereocenters. The third kappa shape index (κ3) is 4.29. The zero-order valence-corrected chi connectivity index (χ0v) is 14.2. The van der Waals surface area contributed by atoms with E-state index in [2.05, 4.69) is 5.32 Å². The molecular formula is C17H15ClF4N2O. The van der Waals surface area contributed by atoms with Gasteiger partial charge in [-0.25, -0.2) is 17.6 Å². The fourth-order valence-corrected chi connectivity index (χ4v) is 2.35. The van der Waals surface area contributed by atoms with E-state index in [-0.39, 0.29) is 17.1 Å². The van der Waals surface area contributed by atoms with E-state index in [1.807, 2.05) is 0 Å². The first-order valence-electron chi connectivity index (χ1n) is 7.29. The van der Waals surface area contributed by atoms with Gasteiger partial charge in [-0.1, -0.05) is 17.7 Å². The average molecular weight is 375 g/mol. The van der Waals surface area contributed by atoms with Crippen molar-refractivity contribution in [2.45, 2.75) is 19.5 Å². The van der Waals surface area contributed by atoms with E-state index >= 15 is 0 Å². The van der Waals surface area contributed by atoms with Gasteiger partial charge in [0.15, 0.2) is 17.5 Å². The minimum Gasteiger partial charge on any atom is -0.322 e. The smallest absolute Gasteiger partial charge is 0.241 e. The van der Waals surface area contributed by atoms with Gasteiger partial charge in [0, 0.05) is 17.1 Å². The van der Waals surface area contributed by atoms with E-state index < -0.39 is 40.9 Å². The summed E-state index contributed by atoms with van der Waals surface area (Å²) in [6, 6.07) is 5.05. The Kier molecular flexibility index (Phi) is 6.02. The van der Waals surface area contributed by atoms with E-state index in [9.17, 15) is 22.4 Å². The highest BCUT2D eigenvalue weighted by molar-refractivity contribution is 6.31. The second-order valence-electron chi connectivity index (χ2n) is 5.50. The Morgan fingerprint density at radius 1 is 1.12 bits per heavy atom. The van der Waals surface area contributed by atoms with Crippen molar-refractivity contribution < 1.29 is 22.4 Å². The topological polar surface area (TPSA) is 32.3 Å². The van der Waals surface area contributed by atoms with Gasteiger partial charge in [-0.3, -0.25) is 9.69 Å². The maximum Gasteiger partial charge on any atom is 0.241 e. The van der Waals surface area contributed by atoms with Gasteiger partial charge in [0.2, 0.25) is 5.91 Å². The molecule has 0 aromatic heterocycles. The van der Waals surface area contributed by atoms with Crippen LogP contribution in [0, 0.1) is 23.3 Å². The molecule has 0 aliphatic carbocycles. The molecule has 0 heterocycles. The third-order valence-electron chi connectivity index (χ3n) is 3.80. The molecule has 1 amide bonds. The number of amides is 1. The molecule has 3 nitrogen and oxygen atoms in total. The van der Waals surface area contributed by atoms with E-state index in [1.165, 1.54) is 30.0 Å². The molecule has 0 saturated heterocycles. The Morgan fingerprint density at radius 3 is 2.44 bits per heavy atom. The molecule has 0 radical (unpaired) electrons. The van der Waals surface area contributed by atoms with Crippen LogP contribution in [0.2, 0.25) is 5.02 Å². The predicted molar refractivity (Wildman–Crippen MR) is 87.3 cm³/mol. The van der Waals surface area contributed by atoms with Gasteiger partial charge in [-0.15, -0.1) is 0 Å². The van der Waals surface area contributed by atoms with E-state index in [4.69, 9.17) is 11.6 Å². The first-order chi connectivity index (χ1) is 11.7. The Morgan fingerprint density at radius 2 is 1.80 bits per heavy atom. The summed E-state index contributed by atoms with van der Waals surface area (Å²) in [6.07, 6.45) is 0. The van der Waals surface area contributed by atoms with Gasteiger partial charge < -0.3 is 5.32 Å². The summed E-state index contributed by atoms with van der Waals surface area (Å²) in [7, 11) is 1.55. The highest BCUT2D eigenvalue weighted by atomic mass is 35.5. The second kappa shape index (κ2) is 7.84. The summed E-state index contributed by atoms with van der Waals surface area (Å²) >= 11 is 5.95. The van der Waals surface area contributed by atoms with Gasteiger partial charge >= 0.3 is 0 Å². The molecule has 0 aliphatic heterocycles. The monoisotopic (exact) mass is 374 g/mol. The van der Waals surface area contributed by atoms with Crippen molar-refractivity contribution in [1.29, 1.82) is 0 Å². The van der Waals surface area contributed by atoms with Crippen molar-refractivity contribution >= 4 is 23.2 Å². The molecule has 25 heavy (non-hydrogen) atoms. The number of carbonyl (C=O) groups is 1. The molecule has 0 bridgehead atoms. The van der Waals surface area contributed by atoms with Crippen LogP contribution in [0.5, 0.6) is 0 Å². The van der Waals surface area contributed by atoms with Crippen LogP contribution in [-0.2, 0) is 11.3 Å². The first-order valence-corrected chi connectivity index (χ1v) is 7.67. The van der Waals surface area contributed by atoms with Crippen molar-refractivity contribution in [2.75, 3.05) is 12.4 Å². The summed E-state index contributed by atoms with van der Waals surface area (Å²) in [6.45, 7) is 1.53. The predicted octanol–water partition coefficient (Wildman–Crippen LogP) is 4.36. The molecule has 2 aromatic rings. The number of hydrogen-bond donors (Lipinski definition) is 1. The summed E-state index contributed by atoms with van der Waals surface area (Å²) < 4.78 is 53.6. The van der Waals surface area contributed by atoms with Crippen LogP contribution in [0.1, 0.15) is 12.5 Å². The number of nitrogens with zero attached hydrogens (tertiary/aromatic N) is 1. The Balaban J connectivity index is 2.10. The zero-order valence-electron chi connectivity index (χ0n) is 13.4. The minimum absolute atomic E-state index is 0.0281. The van der Waals surface area contributed by atoms with Gasteiger partial charge in [0.25, 0.3) is 0 Å². The van der Waals surface area contributed by atoms with Gasteiger partial charge in [-0.2, -0.15) is 0 Å². The third-order valence-corrected chi connectivity index (χ3v) is 4.16. The maximum absolute atomic E-state index is 13.8. The lowest BCUT2D eigenvalue weighted by Crippen LogP contribution is -2.39. The van der Waals surface area contributed by atoms with Crippen molar-refractivity contribution in [3.05, 3.63) is 64.2 Å². The molecule has 1 N–H and O–H groups in total. The van der Waals surface area contributed by atoms with Crippen molar-refractivity contribution in [1.82, 2.24) is 4.90 Å². The SMILES string of the molecule is C[C@H](C(=O)Nc1ccc(F)c(F)c1F)N(C)Cc1c(F)cccc1Cl. The molecular weight excluding hydrogens is 360 g/mol. The van der Waals surface area contributed by atoms with E-state index in [1.54, 1.807) is 7.05 Å². The molecule has 8 heteroatoms. The number of rotatable bonds is 5. The van der Waals surface area contributed by atoms with E-state index in [0.29, 0.717) is 6.07 Å². The number of carbonyl (C=O) groups excluding carboxylic acids is 1. The lowest BCUT2D eigenvalue weighted by Gasteiger charge is -2.24. The largest absolute Gasteiger partial charge is 0.322 e. The highest BCUT2D eigenvalue weighted by Gasteiger charge is 2.22. The molecule has 2 rings (SSSR count). The highest BCUT2D eigenvalue weighted by Crippen LogP contribution is 2.22. The Labute approximate surface area is 147 Å². The first kappa shape index (κ1) is 19.2. The number of hydrogen-bond acceptors (Lipinski definition) is 2. The van der Waals surface area contributed by atoms with Crippen LogP contribution < -0.4 is 5.32 Å². The summed E-state index contributed by atoms with van der Waals surface area (Å²) in [5.41, 5.74) is -0.265. The number of anilines is 1. The van der Waals surface area contributed by atoms with Crippen molar-refractivity contribution in [3.63, 3.8) is 0 Å². The summed E-state index contributed by atoms with van der Waals surface area (Å²) in [5.74, 6) is -5.69. The lowest BCUT2D eigenvalue weighted by molar-refractivity contribution is -0.120. The molecule has 0 aliphatic rings. The Bertz CT molecular complexity index is 780. The zero-order chi connectivity index (χ0) is 18.7.